The van der Waals surface area contributed by atoms with Gasteiger partial charge in [0.15, 0.2) is 0 Å². The number of fused-ring (bicyclic) bond motifs is 1. The molecule has 0 saturated heterocycles. The number of esters is 3. The van der Waals surface area contributed by atoms with Gasteiger partial charge in [-0.05, 0) is 77.8 Å². The lowest BCUT2D eigenvalue weighted by atomic mass is 9.77. The molecule has 0 fully saturated rings. The van der Waals surface area contributed by atoms with E-state index in [1.165, 1.54) is 4.80 Å². The predicted molar refractivity (Wildman–Crippen MR) is 149 cm³/mol. The van der Waals surface area contributed by atoms with Gasteiger partial charge in [0.25, 0.3) is 0 Å². The SMILES string of the molecule is CC(C)OC(=O)C(C)C(CC(C)(C)C(=O)OCCc1ccc(O)c(-n2nc3ccccc3n2)c1)C(=O)OC(C)C. The van der Waals surface area contributed by atoms with Crippen molar-refractivity contribution in [1.29, 1.82) is 0 Å². The van der Waals surface area contributed by atoms with E-state index in [2.05, 4.69) is 10.2 Å². The highest BCUT2D eigenvalue weighted by Gasteiger charge is 2.41. The molecule has 0 bridgehead atoms. The highest BCUT2D eigenvalue weighted by molar-refractivity contribution is 5.83. The molecule has 0 radical (unpaired) electrons. The van der Waals surface area contributed by atoms with E-state index in [0.29, 0.717) is 23.1 Å². The number of benzene rings is 2. The van der Waals surface area contributed by atoms with Crippen LogP contribution in [0.5, 0.6) is 5.75 Å². The second-order valence-corrected chi connectivity index (χ2v) is 11.1. The van der Waals surface area contributed by atoms with E-state index in [1.807, 2.05) is 24.3 Å². The molecule has 3 rings (SSSR count). The molecule has 40 heavy (non-hydrogen) atoms. The summed E-state index contributed by atoms with van der Waals surface area (Å²) in [7, 11) is 0. The van der Waals surface area contributed by atoms with Crippen molar-refractivity contribution in [2.45, 2.75) is 73.5 Å². The Balaban J connectivity index is 1.67. The van der Waals surface area contributed by atoms with Gasteiger partial charge in [0, 0.05) is 6.42 Å². The fourth-order valence-electron chi connectivity index (χ4n) is 4.23. The van der Waals surface area contributed by atoms with Crippen LogP contribution in [0.1, 0.15) is 60.5 Å². The second kappa shape index (κ2) is 12.9. The summed E-state index contributed by atoms with van der Waals surface area (Å²) in [6.07, 6.45) is -0.276. The fraction of sp³-hybridized carbons (Fsp3) is 0.500. The Hall–Kier alpha value is -3.95. The Morgan fingerprint density at radius 1 is 0.900 bits per heavy atom. The molecule has 10 heteroatoms. The highest BCUT2D eigenvalue weighted by Crippen LogP contribution is 2.33. The van der Waals surface area contributed by atoms with Crippen molar-refractivity contribution in [3.05, 3.63) is 48.0 Å². The highest BCUT2D eigenvalue weighted by atomic mass is 16.6. The predicted octanol–water partition coefficient (Wildman–Crippen LogP) is 4.78. The van der Waals surface area contributed by atoms with Gasteiger partial charge in [-0.25, -0.2) is 0 Å². The Morgan fingerprint density at radius 2 is 1.48 bits per heavy atom. The third-order valence-electron chi connectivity index (χ3n) is 6.43. The van der Waals surface area contributed by atoms with Crippen molar-refractivity contribution in [3.63, 3.8) is 0 Å². The molecule has 0 saturated carbocycles. The van der Waals surface area contributed by atoms with Crippen LogP contribution in [0.25, 0.3) is 16.7 Å². The minimum absolute atomic E-state index is 0.0200. The average molecular weight is 554 g/mol. The van der Waals surface area contributed by atoms with Crippen LogP contribution in [0.3, 0.4) is 0 Å². The van der Waals surface area contributed by atoms with Crippen LogP contribution in [0, 0.1) is 17.3 Å². The summed E-state index contributed by atoms with van der Waals surface area (Å²) in [4.78, 5) is 40.0. The maximum atomic E-state index is 13.1. The summed E-state index contributed by atoms with van der Waals surface area (Å²) in [5.74, 6) is -3.24. The van der Waals surface area contributed by atoms with Gasteiger partial charge in [0.1, 0.15) is 22.5 Å². The van der Waals surface area contributed by atoms with E-state index in [9.17, 15) is 19.5 Å². The number of carbonyl (C=O) groups excluding carboxylic acids is 3. The van der Waals surface area contributed by atoms with Crippen molar-refractivity contribution in [2.75, 3.05) is 6.61 Å². The van der Waals surface area contributed by atoms with Gasteiger partial charge >= 0.3 is 17.9 Å². The lowest BCUT2D eigenvalue weighted by Gasteiger charge is -2.30. The summed E-state index contributed by atoms with van der Waals surface area (Å²) in [6.45, 7) is 12.0. The Kier molecular flexibility index (Phi) is 9.89. The number of ether oxygens (including phenoxy) is 3. The Morgan fingerprint density at radius 3 is 2.05 bits per heavy atom. The van der Waals surface area contributed by atoms with Gasteiger partial charge in [0.05, 0.1) is 36.1 Å². The molecule has 2 unspecified atom stereocenters. The van der Waals surface area contributed by atoms with Crippen LogP contribution < -0.4 is 0 Å². The summed E-state index contributed by atoms with van der Waals surface area (Å²) in [5.41, 5.74) is 1.54. The first-order valence-corrected chi connectivity index (χ1v) is 13.5. The van der Waals surface area contributed by atoms with Crippen molar-refractivity contribution in [2.24, 2.45) is 17.3 Å². The third kappa shape index (κ3) is 7.80. The van der Waals surface area contributed by atoms with Gasteiger partial charge in [-0.15, -0.1) is 15.0 Å². The van der Waals surface area contributed by atoms with Gasteiger partial charge in [-0.3, -0.25) is 14.4 Å². The molecule has 0 aliphatic carbocycles. The molecule has 1 heterocycles. The van der Waals surface area contributed by atoms with Gasteiger partial charge in [0.2, 0.25) is 0 Å². The maximum Gasteiger partial charge on any atom is 0.311 e. The van der Waals surface area contributed by atoms with Crippen LogP contribution in [-0.4, -0.2) is 56.8 Å². The first-order chi connectivity index (χ1) is 18.8. The molecule has 0 aliphatic rings. The van der Waals surface area contributed by atoms with Gasteiger partial charge in [-0.2, -0.15) is 0 Å². The van der Waals surface area contributed by atoms with E-state index >= 15 is 0 Å². The van der Waals surface area contributed by atoms with E-state index in [4.69, 9.17) is 14.2 Å². The van der Waals surface area contributed by atoms with Crippen molar-refractivity contribution in [3.8, 4) is 11.4 Å². The average Bonchev–Trinajstić information content (AvgIpc) is 3.31. The number of hydrogen-bond donors (Lipinski definition) is 1. The number of aromatic nitrogens is 3. The second-order valence-electron chi connectivity index (χ2n) is 11.1. The number of nitrogens with zero attached hydrogens (tertiary/aromatic N) is 3. The lowest BCUT2D eigenvalue weighted by Crippen LogP contribution is -2.39. The summed E-state index contributed by atoms with van der Waals surface area (Å²) < 4.78 is 16.3. The molecule has 0 spiro atoms. The van der Waals surface area contributed by atoms with Crippen LogP contribution in [0.15, 0.2) is 42.5 Å². The number of rotatable bonds is 12. The van der Waals surface area contributed by atoms with Crippen molar-refractivity contribution >= 4 is 28.9 Å². The molecular weight excluding hydrogens is 514 g/mol. The molecule has 10 nitrogen and oxygen atoms in total. The lowest BCUT2D eigenvalue weighted by molar-refractivity contribution is -0.168. The molecule has 0 aliphatic heterocycles. The summed E-state index contributed by atoms with van der Waals surface area (Å²) in [5, 5.41) is 19.2. The van der Waals surface area contributed by atoms with Crippen LogP contribution in [0.2, 0.25) is 0 Å². The summed E-state index contributed by atoms with van der Waals surface area (Å²) >= 11 is 0. The van der Waals surface area contributed by atoms with Crippen LogP contribution >= 0.6 is 0 Å². The quantitative estimate of drug-likeness (QED) is 0.249. The Bertz CT molecular complexity index is 1310. The van der Waals surface area contributed by atoms with E-state index in [1.54, 1.807) is 66.7 Å². The first kappa shape index (κ1) is 30.6. The molecule has 1 N–H and O–H groups in total. The standard InChI is InChI=1S/C30H39N3O7/c1-18(2)39-27(35)20(5)22(28(36)40-19(3)4)17-30(6,7)29(37)38-15-14-21-12-13-26(34)25(16-21)33-31-23-10-8-9-11-24(23)32-33/h8-13,16,18-20,22,34H,14-15,17H2,1-7H3. The van der Waals surface area contributed by atoms with E-state index in [-0.39, 0.29) is 31.0 Å². The smallest absolute Gasteiger partial charge is 0.311 e. The third-order valence-corrected chi connectivity index (χ3v) is 6.43. The molecule has 2 aromatic carbocycles. The molecule has 1 aromatic heterocycles. The number of phenols is 1. The number of carbonyl (C=O) groups is 3. The zero-order chi connectivity index (χ0) is 29.6. The van der Waals surface area contributed by atoms with Crippen LogP contribution in [0.4, 0.5) is 0 Å². The summed E-state index contributed by atoms with van der Waals surface area (Å²) in [6, 6.07) is 12.4. The number of aromatic hydroxyl groups is 1. The van der Waals surface area contributed by atoms with Crippen LogP contribution in [-0.2, 0) is 35.0 Å². The minimum atomic E-state index is -1.08. The maximum absolute atomic E-state index is 13.1. The monoisotopic (exact) mass is 553 g/mol. The zero-order valence-electron chi connectivity index (χ0n) is 24.2. The number of hydrogen-bond acceptors (Lipinski definition) is 9. The van der Waals surface area contributed by atoms with Crippen molar-refractivity contribution < 1.29 is 33.7 Å². The molecule has 0 amide bonds. The Labute approximate surface area is 234 Å². The van der Waals surface area contributed by atoms with E-state index < -0.39 is 35.2 Å². The van der Waals surface area contributed by atoms with Crippen molar-refractivity contribution in [1.82, 2.24) is 15.0 Å². The molecular formula is C30H39N3O7. The fourth-order valence-corrected chi connectivity index (χ4v) is 4.23. The molecule has 3 aromatic rings. The minimum Gasteiger partial charge on any atom is -0.506 e. The molecule has 216 valence electrons. The topological polar surface area (TPSA) is 130 Å². The largest absolute Gasteiger partial charge is 0.506 e. The van der Waals surface area contributed by atoms with Gasteiger partial charge in [-0.1, -0.05) is 25.1 Å². The van der Waals surface area contributed by atoms with E-state index in [0.717, 1.165) is 5.56 Å². The molecule has 2 atom stereocenters. The normalized spacial score (nSPS) is 13.3. The number of phenolic OH excluding ortho intramolecular Hbond substituents is 1. The zero-order valence-corrected chi connectivity index (χ0v) is 24.2. The first-order valence-electron chi connectivity index (χ1n) is 13.5. The van der Waals surface area contributed by atoms with Gasteiger partial charge < -0.3 is 19.3 Å².